The molecule has 102 valence electrons. The molecule has 0 radical (unpaired) electrons. The summed E-state index contributed by atoms with van der Waals surface area (Å²) >= 11 is 5.85. The van der Waals surface area contributed by atoms with Crippen LogP contribution in [0.4, 0.5) is 0 Å². The zero-order chi connectivity index (χ0) is 14.4. The van der Waals surface area contributed by atoms with Gasteiger partial charge < -0.3 is 10.1 Å². The Hall–Kier alpha value is -2.09. The number of halogens is 1. The minimum atomic E-state index is 0.486. The van der Waals surface area contributed by atoms with Gasteiger partial charge in [0.2, 0.25) is 0 Å². The van der Waals surface area contributed by atoms with Gasteiger partial charge in [-0.3, -0.25) is 4.98 Å². The summed E-state index contributed by atoms with van der Waals surface area (Å²) in [6, 6.07) is 9.32. The van der Waals surface area contributed by atoms with Crippen molar-refractivity contribution >= 4 is 11.6 Å². The molecule has 2 rings (SSSR count). The molecule has 4 nitrogen and oxygen atoms in total. The Morgan fingerprint density at radius 1 is 1.35 bits per heavy atom. The molecule has 0 fully saturated rings. The van der Waals surface area contributed by atoms with Crippen LogP contribution in [0.3, 0.4) is 0 Å². The molecular formula is C15H14ClN3O. The maximum absolute atomic E-state index is 9.21. The second-order valence-corrected chi connectivity index (χ2v) is 4.60. The zero-order valence-corrected chi connectivity index (χ0v) is 11.8. The third kappa shape index (κ3) is 3.70. The lowest BCUT2D eigenvalue weighted by atomic mass is 10.1. The van der Waals surface area contributed by atoms with Gasteiger partial charge in [0, 0.05) is 18.8 Å². The van der Waals surface area contributed by atoms with E-state index in [2.05, 4.69) is 16.4 Å². The summed E-state index contributed by atoms with van der Waals surface area (Å²) in [7, 11) is 0. The van der Waals surface area contributed by atoms with E-state index >= 15 is 0 Å². The van der Waals surface area contributed by atoms with E-state index in [0.29, 0.717) is 22.1 Å². The Kier molecular flexibility index (Phi) is 4.94. The fourth-order valence-corrected chi connectivity index (χ4v) is 1.87. The molecule has 0 aliphatic heterocycles. The lowest BCUT2D eigenvalue weighted by Gasteiger charge is -2.09. The number of hydrogen-bond acceptors (Lipinski definition) is 4. The highest BCUT2D eigenvalue weighted by molar-refractivity contribution is 6.30. The van der Waals surface area contributed by atoms with Crippen molar-refractivity contribution in [3.8, 4) is 17.6 Å². The molecule has 1 N–H and O–H groups in total. The SMILES string of the molecule is CCNCc1ccc(Oc2cncc(Cl)c2)c(C#N)c1. The van der Waals surface area contributed by atoms with Crippen LogP contribution >= 0.6 is 11.6 Å². The van der Waals surface area contributed by atoms with Gasteiger partial charge in [-0.1, -0.05) is 24.6 Å². The first-order chi connectivity index (χ1) is 9.72. The van der Waals surface area contributed by atoms with Crippen molar-refractivity contribution in [3.63, 3.8) is 0 Å². The molecular weight excluding hydrogens is 274 g/mol. The van der Waals surface area contributed by atoms with Crippen molar-refractivity contribution in [1.82, 2.24) is 10.3 Å². The van der Waals surface area contributed by atoms with Gasteiger partial charge in [-0.25, -0.2) is 0 Å². The summed E-state index contributed by atoms with van der Waals surface area (Å²) in [6.45, 7) is 3.65. The van der Waals surface area contributed by atoms with Gasteiger partial charge in [-0.15, -0.1) is 0 Å². The highest BCUT2D eigenvalue weighted by Crippen LogP contribution is 2.26. The zero-order valence-electron chi connectivity index (χ0n) is 11.1. The molecule has 0 atom stereocenters. The lowest BCUT2D eigenvalue weighted by molar-refractivity contribution is 0.478. The van der Waals surface area contributed by atoms with Crippen molar-refractivity contribution in [1.29, 1.82) is 5.26 Å². The molecule has 0 amide bonds. The van der Waals surface area contributed by atoms with Gasteiger partial charge >= 0.3 is 0 Å². The summed E-state index contributed by atoms with van der Waals surface area (Å²) in [5, 5.41) is 12.9. The molecule has 0 aliphatic rings. The summed E-state index contributed by atoms with van der Waals surface area (Å²) in [4.78, 5) is 3.94. The lowest BCUT2D eigenvalue weighted by Crippen LogP contribution is -2.11. The van der Waals surface area contributed by atoms with E-state index in [1.807, 2.05) is 19.1 Å². The maximum atomic E-state index is 9.21. The largest absolute Gasteiger partial charge is 0.454 e. The number of hydrogen-bond donors (Lipinski definition) is 1. The van der Waals surface area contributed by atoms with Gasteiger partial charge in [0.05, 0.1) is 16.8 Å². The van der Waals surface area contributed by atoms with E-state index < -0.39 is 0 Å². The van der Waals surface area contributed by atoms with E-state index in [4.69, 9.17) is 16.3 Å². The Balaban J connectivity index is 2.22. The first-order valence-electron chi connectivity index (χ1n) is 6.25. The Morgan fingerprint density at radius 3 is 2.90 bits per heavy atom. The Bertz CT molecular complexity index is 637. The smallest absolute Gasteiger partial charge is 0.147 e. The van der Waals surface area contributed by atoms with Crippen LogP contribution in [-0.4, -0.2) is 11.5 Å². The van der Waals surface area contributed by atoms with Crippen LogP contribution < -0.4 is 10.1 Å². The molecule has 20 heavy (non-hydrogen) atoms. The highest BCUT2D eigenvalue weighted by Gasteiger charge is 2.07. The van der Waals surface area contributed by atoms with Gasteiger partial charge in [-0.2, -0.15) is 5.26 Å². The quantitative estimate of drug-likeness (QED) is 0.914. The molecule has 0 saturated heterocycles. The molecule has 0 bridgehead atoms. The van der Waals surface area contributed by atoms with Crippen LogP contribution in [0.25, 0.3) is 0 Å². The predicted molar refractivity (Wildman–Crippen MR) is 77.9 cm³/mol. The fourth-order valence-electron chi connectivity index (χ4n) is 1.71. The van der Waals surface area contributed by atoms with Crippen LogP contribution in [-0.2, 0) is 6.54 Å². The number of nitrogens with one attached hydrogen (secondary N) is 1. The van der Waals surface area contributed by atoms with Crippen LogP contribution in [0.1, 0.15) is 18.1 Å². The third-order valence-electron chi connectivity index (χ3n) is 2.65. The number of pyridine rings is 1. The van der Waals surface area contributed by atoms with E-state index in [9.17, 15) is 5.26 Å². The molecule has 0 spiro atoms. The van der Waals surface area contributed by atoms with Gasteiger partial charge in [0.25, 0.3) is 0 Å². The Labute approximate surface area is 123 Å². The van der Waals surface area contributed by atoms with E-state index in [-0.39, 0.29) is 0 Å². The molecule has 0 aliphatic carbocycles. The van der Waals surface area contributed by atoms with E-state index in [1.165, 1.54) is 6.20 Å². The molecule has 0 saturated carbocycles. The number of nitriles is 1. The maximum Gasteiger partial charge on any atom is 0.147 e. The van der Waals surface area contributed by atoms with Gasteiger partial charge in [0.1, 0.15) is 17.6 Å². The van der Waals surface area contributed by atoms with Gasteiger partial charge in [-0.05, 0) is 24.2 Å². The average Bonchev–Trinajstić information content (AvgIpc) is 2.46. The van der Waals surface area contributed by atoms with Crippen molar-refractivity contribution in [2.24, 2.45) is 0 Å². The molecule has 2 aromatic rings. The minimum absolute atomic E-state index is 0.486. The van der Waals surface area contributed by atoms with E-state index in [1.54, 1.807) is 18.3 Å². The molecule has 1 aromatic carbocycles. The summed E-state index contributed by atoms with van der Waals surface area (Å²) in [5.41, 5.74) is 1.53. The standard InChI is InChI=1S/C15H14ClN3O/c1-2-18-8-11-3-4-15(12(5-11)7-17)20-14-6-13(16)9-19-10-14/h3-6,9-10,18H,2,8H2,1H3. The molecule has 0 unspecified atom stereocenters. The predicted octanol–water partition coefficient (Wildman–Crippen LogP) is 3.51. The topological polar surface area (TPSA) is 57.9 Å². The monoisotopic (exact) mass is 287 g/mol. The Morgan fingerprint density at radius 2 is 2.20 bits per heavy atom. The van der Waals surface area contributed by atoms with Crippen molar-refractivity contribution in [3.05, 3.63) is 52.8 Å². The number of rotatable bonds is 5. The second-order valence-electron chi connectivity index (χ2n) is 4.16. The first-order valence-corrected chi connectivity index (χ1v) is 6.63. The third-order valence-corrected chi connectivity index (χ3v) is 2.86. The van der Waals surface area contributed by atoms with E-state index in [0.717, 1.165) is 18.7 Å². The van der Waals surface area contributed by atoms with Crippen molar-refractivity contribution in [2.45, 2.75) is 13.5 Å². The summed E-state index contributed by atoms with van der Waals surface area (Å²) < 4.78 is 5.65. The number of nitrogens with zero attached hydrogens (tertiary/aromatic N) is 2. The number of benzene rings is 1. The van der Waals surface area contributed by atoms with Crippen LogP contribution in [0.15, 0.2) is 36.7 Å². The number of ether oxygens (including phenoxy) is 1. The van der Waals surface area contributed by atoms with Gasteiger partial charge in [0.15, 0.2) is 0 Å². The van der Waals surface area contributed by atoms with Crippen molar-refractivity contribution < 1.29 is 4.74 Å². The highest BCUT2D eigenvalue weighted by atomic mass is 35.5. The van der Waals surface area contributed by atoms with Crippen LogP contribution in [0.5, 0.6) is 11.5 Å². The minimum Gasteiger partial charge on any atom is -0.454 e. The summed E-state index contributed by atoms with van der Waals surface area (Å²) in [5.74, 6) is 1.00. The fraction of sp³-hybridized carbons (Fsp3) is 0.200. The molecule has 1 aromatic heterocycles. The second kappa shape index (κ2) is 6.90. The first kappa shape index (κ1) is 14.3. The summed E-state index contributed by atoms with van der Waals surface area (Å²) in [6.07, 6.45) is 3.08. The van der Waals surface area contributed by atoms with Crippen LogP contribution in [0.2, 0.25) is 5.02 Å². The average molecular weight is 288 g/mol. The number of aromatic nitrogens is 1. The van der Waals surface area contributed by atoms with Crippen LogP contribution in [0, 0.1) is 11.3 Å². The normalized spacial score (nSPS) is 10.1. The molecule has 1 heterocycles. The van der Waals surface area contributed by atoms with Crippen molar-refractivity contribution in [2.75, 3.05) is 6.54 Å². The molecule has 5 heteroatoms.